The highest BCUT2D eigenvalue weighted by Gasteiger charge is 2.29. The second-order valence-electron chi connectivity index (χ2n) is 9.19. The van der Waals surface area contributed by atoms with Crippen LogP contribution in [0.5, 0.6) is 5.75 Å². The van der Waals surface area contributed by atoms with Crippen LogP contribution in [0, 0.1) is 5.82 Å². The van der Waals surface area contributed by atoms with Gasteiger partial charge in [0.15, 0.2) is 12.3 Å². The summed E-state index contributed by atoms with van der Waals surface area (Å²) in [5.41, 5.74) is 8.67. The van der Waals surface area contributed by atoms with E-state index in [1.165, 1.54) is 28.8 Å². The van der Waals surface area contributed by atoms with Crippen LogP contribution in [0.2, 0.25) is 0 Å². The molecule has 13 heteroatoms. The molecule has 5 rings (SSSR count). The summed E-state index contributed by atoms with van der Waals surface area (Å²) in [6.45, 7) is -1.57. The van der Waals surface area contributed by atoms with Crippen LogP contribution in [-0.4, -0.2) is 39.2 Å². The summed E-state index contributed by atoms with van der Waals surface area (Å²) in [4.78, 5) is 28.2. The zero-order chi connectivity index (χ0) is 29.9. The molecule has 0 bridgehead atoms. The van der Waals surface area contributed by atoms with Gasteiger partial charge in [0.05, 0.1) is 12.1 Å². The molecule has 2 heterocycles. The number of aromatic nitrogens is 3. The molecule has 0 aliphatic heterocycles. The number of ether oxygens (including phenoxy) is 1. The van der Waals surface area contributed by atoms with Crippen LogP contribution in [0.25, 0.3) is 16.8 Å². The first-order chi connectivity index (χ1) is 20.0. The molecule has 0 aliphatic rings. The average Bonchev–Trinajstić information content (AvgIpc) is 3.35. The fourth-order valence-corrected chi connectivity index (χ4v) is 4.02. The van der Waals surface area contributed by atoms with E-state index in [0.717, 1.165) is 17.2 Å². The van der Waals surface area contributed by atoms with Gasteiger partial charge in [0, 0.05) is 23.0 Å². The third-order valence-electron chi connectivity index (χ3n) is 6.01. The third-order valence-corrected chi connectivity index (χ3v) is 6.01. The maximum atomic E-state index is 13.1. The molecule has 42 heavy (non-hydrogen) atoms. The van der Waals surface area contributed by atoms with Gasteiger partial charge in [0.1, 0.15) is 11.6 Å². The summed E-state index contributed by atoms with van der Waals surface area (Å²) in [6, 6.07) is 20.2. The Hall–Kier alpha value is -5.46. The lowest BCUT2D eigenvalue weighted by Crippen LogP contribution is -2.20. The molecule has 0 unspecified atom stereocenters. The number of nitrogens with zero attached hydrogens (tertiary/aromatic N) is 3. The van der Waals surface area contributed by atoms with E-state index in [9.17, 15) is 27.2 Å². The van der Waals surface area contributed by atoms with Crippen molar-refractivity contribution in [1.82, 2.24) is 14.6 Å². The summed E-state index contributed by atoms with van der Waals surface area (Å²) >= 11 is 0. The first-order valence-electron chi connectivity index (χ1n) is 12.4. The van der Waals surface area contributed by atoms with Crippen LogP contribution in [0.1, 0.15) is 15.9 Å². The molecule has 9 nitrogen and oxygen atoms in total. The second-order valence-corrected chi connectivity index (χ2v) is 9.19. The molecule has 2 aromatic heterocycles. The zero-order valence-corrected chi connectivity index (χ0v) is 21.7. The number of nitrogens with two attached hydrogens (primary N) is 1. The Morgan fingerprint density at radius 3 is 2.33 bits per heavy atom. The third kappa shape index (κ3) is 6.99. The van der Waals surface area contributed by atoms with Gasteiger partial charge < -0.3 is 21.1 Å². The summed E-state index contributed by atoms with van der Waals surface area (Å²) in [5.74, 6) is -1.60. The number of pyridine rings is 1. The molecular weight excluding hydrogens is 556 g/mol. The fourth-order valence-electron chi connectivity index (χ4n) is 4.02. The Morgan fingerprint density at radius 1 is 0.929 bits per heavy atom. The number of amides is 2. The lowest BCUT2D eigenvalue weighted by Gasteiger charge is -2.14. The van der Waals surface area contributed by atoms with Crippen molar-refractivity contribution in [1.29, 1.82) is 0 Å². The summed E-state index contributed by atoms with van der Waals surface area (Å²) in [5, 5.41) is 9.98. The Balaban J connectivity index is 1.29. The van der Waals surface area contributed by atoms with E-state index in [4.69, 9.17) is 10.5 Å². The molecule has 0 radical (unpaired) electrons. The standard InChI is InChI=1S/C29H22F4N6O3/c30-21-7-1-17(2-8-21)13-26(40)35-22-9-3-18(4-10-22)20-6-12-25-37-28(38-39(25)15-20)36-23-11-5-19(27(34)41)14-24(23)42-16-29(31,32)33/h1-12,14-15H,13,16H2,(H2,34,41)(H,35,40)(H,36,38). The van der Waals surface area contributed by atoms with Crippen LogP contribution in [-0.2, 0) is 11.2 Å². The number of primary amides is 1. The molecule has 0 fully saturated rings. The number of nitrogens with one attached hydrogen (secondary N) is 2. The van der Waals surface area contributed by atoms with Crippen molar-refractivity contribution in [2.24, 2.45) is 5.73 Å². The Morgan fingerprint density at radius 2 is 1.64 bits per heavy atom. The van der Waals surface area contributed by atoms with Crippen LogP contribution < -0.4 is 21.1 Å². The molecule has 2 amide bonds. The largest absolute Gasteiger partial charge is 0.482 e. The number of benzene rings is 3. The predicted molar refractivity (Wildman–Crippen MR) is 147 cm³/mol. The average molecular weight is 579 g/mol. The molecule has 0 spiro atoms. The minimum atomic E-state index is -4.59. The normalized spacial score (nSPS) is 11.3. The minimum absolute atomic E-state index is 0.0243. The number of carbonyl (C=O) groups is 2. The highest BCUT2D eigenvalue weighted by molar-refractivity contribution is 5.94. The SMILES string of the molecule is NC(=O)c1ccc(Nc2nc3ccc(-c4ccc(NC(=O)Cc5ccc(F)cc5)cc4)cn3n2)c(OCC(F)(F)F)c1. The Kier molecular flexibility index (Phi) is 7.74. The molecule has 4 N–H and O–H groups in total. The number of hydrogen-bond donors (Lipinski definition) is 3. The van der Waals surface area contributed by atoms with Gasteiger partial charge in [0.25, 0.3) is 0 Å². The van der Waals surface area contributed by atoms with E-state index in [1.807, 2.05) is 18.2 Å². The van der Waals surface area contributed by atoms with Gasteiger partial charge in [-0.1, -0.05) is 24.3 Å². The fraction of sp³-hybridized carbons (Fsp3) is 0.103. The smallest absolute Gasteiger partial charge is 0.422 e. The van der Waals surface area contributed by atoms with E-state index in [2.05, 4.69) is 20.7 Å². The van der Waals surface area contributed by atoms with E-state index >= 15 is 0 Å². The number of rotatable bonds is 9. The molecular formula is C29H22F4N6O3. The van der Waals surface area contributed by atoms with Gasteiger partial charge in [-0.2, -0.15) is 18.2 Å². The first kappa shape index (κ1) is 28.1. The lowest BCUT2D eigenvalue weighted by molar-refractivity contribution is -0.153. The molecule has 0 aliphatic carbocycles. The minimum Gasteiger partial charge on any atom is -0.482 e. The zero-order valence-electron chi connectivity index (χ0n) is 21.7. The molecule has 3 aromatic carbocycles. The van der Waals surface area contributed by atoms with E-state index in [1.54, 1.807) is 36.5 Å². The van der Waals surface area contributed by atoms with Crippen LogP contribution >= 0.6 is 0 Å². The van der Waals surface area contributed by atoms with Crippen molar-refractivity contribution in [2.75, 3.05) is 17.2 Å². The highest BCUT2D eigenvalue weighted by atomic mass is 19.4. The quantitative estimate of drug-likeness (QED) is 0.199. The van der Waals surface area contributed by atoms with E-state index in [0.29, 0.717) is 16.9 Å². The van der Waals surface area contributed by atoms with Crippen molar-refractivity contribution < 1.29 is 31.9 Å². The first-order valence-corrected chi connectivity index (χ1v) is 12.4. The van der Waals surface area contributed by atoms with Gasteiger partial charge in [-0.3, -0.25) is 9.59 Å². The lowest BCUT2D eigenvalue weighted by atomic mass is 10.1. The van der Waals surface area contributed by atoms with Crippen LogP contribution in [0.4, 0.5) is 34.9 Å². The van der Waals surface area contributed by atoms with Crippen molar-refractivity contribution in [3.63, 3.8) is 0 Å². The maximum Gasteiger partial charge on any atom is 0.422 e. The monoisotopic (exact) mass is 578 g/mol. The number of carbonyl (C=O) groups excluding carboxylic acids is 2. The topological polar surface area (TPSA) is 124 Å². The highest BCUT2D eigenvalue weighted by Crippen LogP contribution is 2.30. The van der Waals surface area contributed by atoms with Crippen molar-refractivity contribution in [3.05, 3.63) is 102 Å². The summed E-state index contributed by atoms with van der Waals surface area (Å²) in [7, 11) is 0. The molecule has 0 atom stereocenters. The van der Waals surface area contributed by atoms with Gasteiger partial charge in [-0.05, 0) is 65.7 Å². The van der Waals surface area contributed by atoms with E-state index in [-0.39, 0.29) is 41.1 Å². The number of anilines is 3. The van der Waals surface area contributed by atoms with Crippen molar-refractivity contribution in [2.45, 2.75) is 12.6 Å². The molecule has 0 saturated heterocycles. The number of halogens is 4. The van der Waals surface area contributed by atoms with Crippen molar-refractivity contribution >= 4 is 34.8 Å². The predicted octanol–water partition coefficient (Wildman–Crippen LogP) is 5.50. The van der Waals surface area contributed by atoms with Crippen LogP contribution in [0.3, 0.4) is 0 Å². The summed E-state index contributed by atoms with van der Waals surface area (Å²) in [6.07, 6.45) is -2.77. The Labute approximate surface area is 235 Å². The molecule has 0 saturated carbocycles. The number of fused-ring (bicyclic) bond motifs is 1. The molecule has 5 aromatic rings. The Bertz CT molecular complexity index is 1750. The number of alkyl halides is 3. The van der Waals surface area contributed by atoms with E-state index < -0.39 is 18.7 Å². The van der Waals surface area contributed by atoms with Crippen LogP contribution in [0.15, 0.2) is 85.1 Å². The summed E-state index contributed by atoms with van der Waals surface area (Å²) < 4.78 is 57.7. The maximum absolute atomic E-state index is 13.1. The van der Waals surface area contributed by atoms with Crippen molar-refractivity contribution in [3.8, 4) is 16.9 Å². The van der Waals surface area contributed by atoms with Gasteiger partial charge in [-0.15, -0.1) is 5.10 Å². The molecule has 214 valence electrons. The van der Waals surface area contributed by atoms with Gasteiger partial charge >= 0.3 is 6.18 Å². The van der Waals surface area contributed by atoms with Gasteiger partial charge in [0.2, 0.25) is 17.8 Å². The van der Waals surface area contributed by atoms with Gasteiger partial charge in [-0.25, -0.2) is 8.91 Å². The second kappa shape index (κ2) is 11.6. The number of hydrogen-bond acceptors (Lipinski definition) is 6.